The minimum Gasteiger partial charge on any atom is -0.497 e. The first-order valence-corrected chi connectivity index (χ1v) is 9.93. The van der Waals surface area contributed by atoms with Crippen LogP contribution >= 0.6 is 0 Å². The Morgan fingerprint density at radius 2 is 2.04 bits per heavy atom. The minimum absolute atomic E-state index is 0.111. The average Bonchev–Trinajstić information content (AvgIpc) is 2.73. The standard InChI is InChI=1S/C21H32N2O4/c1-25-19-5-3-4-17(14-19)15-22-9-8-20(23-10-12-27-13-11-23)18(16-22)6-7-21(24)26-2/h3-5,14,18,20H,6-13,15-16H2,1-2H3/t18-,20+/m1/s1. The van der Waals surface area contributed by atoms with Crippen molar-refractivity contribution in [2.75, 3.05) is 53.6 Å². The first kappa shape index (κ1) is 20.1. The Bertz CT molecular complexity index is 604. The van der Waals surface area contributed by atoms with E-state index in [1.807, 2.05) is 12.1 Å². The number of benzene rings is 1. The van der Waals surface area contributed by atoms with Crippen molar-refractivity contribution in [1.82, 2.24) is 9.80 Å². The fourth-order valence-electron chi connectivity index (χ4n) is 4.35. The van der Waals surface area contributed by atoms with Crippen LogP contribution in [0.4, 0.5) is 0 Å². The normalized spacial score (nSPS) is 24.5. The highest BCUT2D eigenvalue weighted by Crippen LogP contribution is 2.28. The van der Waals surface area contributed by atoms with Gasteiger partial charge in [0.05, 0.1) is 27.4 Å². The summed E-state index contributed by atoms with van der Waals surface area (Å²) in [6.07, 6.45) is 2.51. The number of esters is 1. The Balaban J connectivity index is 1.63. The van der Waals surface area contributed by atoms with E-state index in [1.165, 1.54) is 12.7 Å². The van der Waals surface area contributed by atoms with Crippen molar-refractivity contribution in [2.45, 2.75) is 31.8 Å². The fraction of sp³-hybridized carbons (Fsp3) is 0.667. The second kappa shape index (κ2) is 10.1. The number of hydrogen-bond acceptors (Lipinski definition) is 6. The van der Waals surface area contributed by atoms with Crippen molar-refractivity contribution in [2.24, 2.45) is 5.92 Å². The number of methoxy groups -OCH3 is 2. The highest BCUT2D eigenvalue weighted by atomic mass is 16.5. The predicted octanol–water partition coefficient (Wildman–Crippen LogP) is 2.17. The van der Waals surface area contributed by atoms with E-state index in [2.05, 4.69) is 21.9 Å². The molecular weight excluding hydrogens is 344 g/mol. The molecule has 2 aliphatic rings. The number of nitrogens with zero attached hydrogens (tertiary/aromatic N) is 2. The Labute approximate surface area is 162 Å². The van der Waals surface area contributed by atoms with Crippen LogP contribution in [0.5, 0.6) is 5.75 Å². The fourth-order valence-corrected chi connectivity index (χ4v) is 4.35. The summed E-state index contributed by atoms with van der Waals surface area (Å²) in [7, 11) is 3.17. The molecule has 2 atom stereocenters. The lowest BCUT2D eigenvalue weighted by Gasteiger charge is -2.45. The maximum absolute atomic E-state index is 11.7. The summed E-state index contributed by atoms with van der Waals surface area (Å²) in [4.78, 5) is 16.8. The van der Waals surface area contributed by atoms with Gasteiger partial charge in [0, 0.05) is 38.6 Å². The van der Waals surface area contributed by atoms with E-state index in [0.717, 1.165) is 64.5 Å². The first-order valence-electron chi connectivity index (χ1n) is 9.93. The van der Waals surface area contributed by atoms with Crippen LogP contribution in [0.2, 0.25) is 0 Å². The zero-order valence-corrected chi connectivity index (χ0v) is 16.6. The van der Waals surface area contributed by atoms with Gasteiger partial charge in [-0.05, 0) is 43.0 Å². The zero-order valence-electron chi connectivity index (χ0n) is 16.6. The number of likely N-dealkylation sites (tertiary alicyclic amines) is 1. The van der Waals surface area contributed by atoms with Crippen molar-refractivity contribution >= 4 is 5.97 Å². The summed E-state index contributed by atoms with van der Waals surface area (Å²) >= 11 is 0. The second-order valence-electron chi connectivity index (χ2n) is 7.47. The summed E-state index contributed by atoms with van der Waals surface area (Å²) in [5, 5.41) is 0. The minimum atomic E-state index is -0.111. The molecule has 1 aromatic rings. The van der Waals surface area contributed by atoms with Crippen molar-refractivity contribution in [3.8, 4) is 5.75 Å². The van der Waals surface area contributed by atoms with E-state index in [9.17, 15) is 4.79 Å². The van der Waals surface area contributed by atoms with Gasteiger partial charge >= 0.3 is 5.97 Å². The number of ether oxygens (including phenoxy) is 3. The van der Waals surface area contributed by atoms with Crippen molar-refractivity contribution in [1.29, 1.82) is 0 Å². The highest BCUT2D eigenvalue weighted by Gasteiger charge is 2.34. The first-order chi connectivity index (χ1) is 13.2. The molecule has 2 fully saturated rings. The maximum atomic E-state index is 11.7. The van der Waals surface area contributed by atoms with E-state index >= 15 is 0 Å². The van der Waals surface area contributed by atoms with Crippen molar-refractivity contribution < 1.29 is 19.0 Å². The molecule has 0 unspecified atom stereocenters. The smallest absolute Gasteiger partial charge is 0.305 e. The molecule has 2 saturated heterocycles. The van der Waals surface area contributed by atoms with Crippen LogP contribution < -0.4 is 4.74 Å². The quantitative estimate of drug-likeness (QED) is 0.680. The lowest BCUT2D eigenvalue weighted by molar-refractivity contribution is -0.141. The number of carbonyl (C=O) groups excluding carboxylic acids is 1. The van der Waals surface area contributed by atoms with E-state index < -0.39 is 0 Å². The zero-order chi connectivity index (χ0) is 19.1. The molecule has 0 aromatic heterocycles. The molecule has 0 amide bonds. The molecule has 27 heavy (non-hydrogen) atoms. The summed E-state index contributed by atoms with van der Waals surface area (Å²) in [6.45, 7) is 6.62. The summed E-state index contributed by atoms with van der Waals surface area (Å²) in [6, 6.07) is 8.81. The Morgan fingerprint density at radius 1 is 1.22 bits per heavy atom. The molecule has 6 nitrogen and oxygen atoms in total. The SMILES string of the molecule is COC(=O)CC[C@@H]1CN(Cc2cccc(OC)c2)CC[C@@H]1N1CCOCC1. The van der Waals surface area contributed by atoms with Gasteiger partial charge in [0.2, 0.25) is 0 Å². The monoisotopic (exact) mass is 376 g/mol. The number of piperidine rings is 1. The Morgan fingerprint density at radius 3 is 2.78 bits per heavy atom. The van der Waals surface area contributed by atoms with Crippen LogP contribution in [-0.4, -0.2) is 75.4 Å². The number of carbonyl (C=O) groups is 1. The van der Waals surface area contributed by atoms with E-state index in [-0.39, 0.29) is 5.97 Å². The molecule has 0 N–H and O–H groups in total. The van der Waals surface area contributed by atoms with Gasteiger partial charge < -0.3 is 14.2 Å². The van der Waals surface area contributed by atoms with Gasteiger partial charge in [0.15, 0.2) is 0 Å². The van der Waals surface area contributed by atoms with Crippen LogP contribution in [0.3, 0.4) is 0 Å². The second-order valence-corrected chi connectivity index (χ2v) is 7.47. The number of hydrogen-bond donors (Lipinski definition) is 0. The van der Waals surface area contributed by atoms with Crippen molar-refractivity contribution in [3.63, 3.8) is 0 Å². The highest BCUT2D eigenvalue weighted by molar-refractivity contribution is 5.69. The van der Waals surface area contributed by atoms with Gasteiger partial charge in [-0.2, -0.15) is 0 Å². The number of morpholine rings is 1. The van der Waals surface area contributed by atoms with Gasteiger partial charge in [0.1, 0.15) is 5.75 Å². The molecule has 2 heterocycles. The van der Waals surface area contributed by atoms with Gasteiger partial charge in [0.25, 0.3) is 0 Å². The largest absolute Gasteiger partial charge is 0.497 e. The third-order valence-electron chi connectivity index (χ3n) is 5.78. The summed E-state index contributed by atoms with van der Waals surface area (Å²) < 4.78 is 15.7. The van der Waals surface area contributed by atoms with Crippen LogP contribution in [0.1, 0.15) is 24.8 Å². The third-order valence-corrected chi connectivity index (χ3v) is 5.78. The number of rotatable bonds is 7. The average molecular weight is 376 g/mol. The van der Waals surface area contributed by atoms with E-state index in [0.29, 0.717) is 18.4 Å². The molecule has 1 aromatic carbocycles. The molecule has 0 saturated carbocycles. The molecule has 6 heteroatoms. The lowest BCUT2D eigenvalue weighted by atomic mass is 9.86. The predicted molar refractivity (Wildman–Crippen MR) is 104 cm³/mol. The van der Waals surface area contributed by atoms with Crippen molar-refractivity contribution in [3.05, 3.63) is 29.8 Å². The topological polar surface area (TPSA) is 51.2 Å². The molecule has 2 aliphatic heterocycles. The molecule has 0 spiro atoms. The van der Waals surface area contributed by atoms with E-state index in [1.54, 1.807) is 7.11 Å². The van der Waals surface area contributed by atoms with Crippen LogP contribution in [0, 0.1) is 5.92 Å². The Hall–Kier alpha value is -1.63. The Kier molecular flexibility index (Phi) is 7.50. The van der Waals surface area contributed by atoms with Gasteiger partial charge in [-0.3, -0.25) is 14.6 Å². The summed E-state index contributed by atoms with van der Waals surface area (Å²) in [5.74, 6) is 1.26. The lowest BCUT2D eigenvalue weighted by Crippen LogP contribution is -2.53. The van der Waals surface area contributed by atoms with Crippen LogP contribution in [0.25, 0.3) is 0 Å². The summed E-state index contributed by atoms with van der Waals surface area (Å²) in [5.41, 5.74) is 1.27. The van der Waals surface area contributed by atoms with Gasteiger partial charge in [-0.25, -0.2) is 0 Å². The van der Waals surface area contributed by atoms with Crippen LogP contribution in [0.15, 0.2) is 24.3 Å². The van der Waals surface area contributed by atoms with Gasteiger partial charge in [-0.1, -0.05) is 12.1 Å². The third kappa shape index (κ3) is 5.67. The van der Waals surface area contributed by atoms with E-state index in [4.69, 9.17) is 14.2 Å². The molecule has 3 rings (SSSR count). The van der Waals surface area contributed by atoms with Crippen LogP contribution in [-0.2, 0) is 20.8 Å². The molecule has 0 aliphatic carbocycles. The van der Waals surface area contributed by atoms with Gasteiger partial charge in [-0.15, -0.1) is 0 Å². The maximum Gasteiger partial charge on any atom is 0.305 e. The molecule has 150 valence electrons. The molecular formula is C21H32N2O4. The molecule has 0 bridgehead atoms. The molecule has 0 radical (unpaired) electrons.